The largest absolute Gasteiger partial charge is 0.352 e. The lowest BCUT2D eigenvalue weighted by atomic mass is 9.94. The van der Waals surface area contributed by atoms with E-state index in [4.69, 9.17) is 5.73 Å². The van der Waals surface area contributed by atoms with Crippen LogP contribution < -0.4 is 16.2 Å². The zero-order valence-electron chi connectivity index (χ0n) is 11.7. The molecule has 1 aliphatic rings. The Bertz CT molecular complexity index is 449. The number of anilines is 1. The quantitative estimate of drug-likeness (QED) is 0.868. The molecule has 0 bridgehead atoms. The predicted molar refractivity (Wildman–Crippen MR) is 77.4 cm³/mol. The van der Waals surface area contributed by atoms with Crippen molar-refractivity contribution in [3.63, 3.8) is 0 Å². The number of nitrogens with zero attached hydrogens (tertiary/aromatic N) is 3. The van der Waals surface area contributed by atoms with E-state index in [2.05, 4.69) is 16.8 Å². The molecular formula is C14H24N4O. The first-order valence-corrected chi connectivity index (χ1v) is 7.26. The minimum Gasteiger partial charge on any atom is -0.352 e. The van der Waals surface area contributed by atoms with Gasteiger partial charge in [0, 0.05) is 32.0 Å². The van der Waals surface area contributed by atoms with Gasteiger partial charge in [-0.3, -0.25) is 4.79 Å². The minimum atomic E-state index is 0.0432. The summed E-state index contributed by atoms with van der Waals surface area (Å²) in [4.78, 5) is 18.7. The zero-order chi connectivity index (χ0) is 13.7. The molecule has 2 heterocycles. The molecule has 106 valence electrons. The van der Waals surface area contributed by atoms with Crippen LogP contribution in [0.5, 0.6) is 0 Å². The van der Waals surface area contributed by atoms with E-state index < -0.39 is 0 Å². The van der Waals surface area contributed by atoms with Crippen molar-refractivity contribution < 1.29 is 0 Å². The van der Waals surface area contributed by atoms with E-state index in [1.807, 2.05) is 0 Å². The van der Waals surface area contributed by atoms with Crippen LogP contribution in [0, 0.1) is 5.92 Å². The van der Waals surface area contributed by atoms with Gasteiger partial charge in [0.05, 0.1) is 0 Å². The summed E-state index contributed by atoms with van der Waals surface area (Å²) >= 11 is 0. The van der Waals surface area contributed by atoms with Crippen LogP contribution in [0.2, 0.25) is 0 Å². The Balaban J connectivity index is 2.07. The van der Waals surface area contributed by atoms with Crippen LogP contribution in [0.1, 0.15) is 32.6 Å². The molecule has 0 saturated carbocycles. The number of aryl methyl sites for hydroxylation is 1. The third-order valence-electron chi connectivity index (χ3n) is 3.85. The van der Waals surface area contributed by atoms with Gasteiger partial charge in [-0.25, -0.2) is 4.98 Å². The molecule has 0 amide bonds. The Morgan fingerprint density at radius 2 is 2.16 bits per heavy atom. The van der Waals surface area contributed by atoms with Crippen LogP contribution >= 0.6 is 0 Å². The fraction of sp³-hybridized carbons (Fsp3) is 0.714. The Kier molecular flexibility index (Phi) is 4.96. The highest BCUT2D eigenvalue weighted by atomic mass is 16.1. The topological polar surface area (TPSA) is 64.2 Å². The summed E-state index contributed by atoms with van der Waals surface area (Å²) in [5.41, 5.74) is 5.65. The fourth-order valence-electron chi connectivity index (χ4n) is 2.74. The second-order valence-electron chi connectivity index (χ2n) is 5.26. The maximum absolute atomic E-state index is 12.3. The molecule has 0 aliphatic carbocycles. The lowest BCUT2D eigenvalue weighted by Crippen LogP contribution is -2.39. The minimum absolute atomic E-state index is 0.0432. The van der Waals surface area contributed by atoms with E-state index in [9.17, 15) is 4.79 Å². The number of nitrogens with two attached hydrogens (primary N) is 1. The summed E-state index contributed by atoms with van der Waals surface area (Å²) in [6.45, 7) is 5.44. The molecule has 0 aromatic carbocycles. The van der Waals surface area contributed by atoms with E-state index in [-0.39, 0.29) is 5.56 Å². The molecule has 0 unspecified atom stereocenters. The average molecular weight is 264 g/mol. The molecular weight excluding hydrogens is 240 g/mol. The monoisotopic (exact) mass is 264 g/mol. The molecule has 1 fully saturated rings. The van der Waals surface area contributed by atoms with Crippen LogP contribution in [0.15, 0.2) is 17.2 Å². The SMILES string of the molecule is CCCn1ccnc(N2CCC(CCN)CC2)c1=O. The molecule has 5 nitrogen and oxygen atoms in total. The van der Waals surface area contributed by atoms with Crippen LogP contribution in [-0.4, -0.2) is 29.2 Å². The zero-order valence-corrected chi connectivity index (χ0v) is 11.7. The lowest BCUT2D eigenvalue weighted by molar-refractivity contribution is 0.384. The molecule has 5 heteroatoms. The first-order valence-electron chi connectivity index (χ1n) is 7.26. The molecule has 1 aromatic heterocycles. The molecule has 0 radical (unpaired) electrons. The van der Waals surface area contributed by atoms with Gasteiger partial charge in [0.1, 0.15) is 0 Å². The fourth-order valence-corrected chi connectivity index (χ4v) is 2.74. The van der Waals surface area contributed by atoms with Gasteiger partial charge in [-0.05, 0) is 38.1 Å². The van der Waals surface area contributed by atoms with Gasteiger partial charge in [0.25, 0.3) is 5.56 Å². The maximum atomic E-state index is 12.3. The molecule has 0 atom stereocenters. The van der Waals surface area contributed by atoms with E-state index in [1.165, 1.54) is 0 Å². The maximum Gasteiger partial charge on any atom is 0.293 e. The smallest absolute Gasteiger partial charge is 0.293 e. The van der Waals surface area contributed by atoms with Crippen molar-refractivity contribution in [2.75, 3.05) is 24.5 Å². The molecule has 2 N–H and O–H groups in total. The molecule has 2 rings (SSSR count). The molecule has 1 saturated heterocycles. The Morgan fingerprint density at radius 1 is 1.42 bits per heavy atom. The summed E-state index contributed by atoms with van der Waals surface area (Å²) in [5.74, 6) is 1.32. The molecule has 0 spiro atoms. The van der Waals surface area contributed by atoms with Crippen molar-refractivity contribution in [1.29, 1.82) is 0 Å². The van der Waals surface area contributed by atoms with Crippen LogP contribution in [-0.2, 0) is 6.54 Å². The van der Waals surface area contributed by atoms with Crippen molar-refractivity contribution >= 4 is 5.82 Å². The summed E-state index contributed by atoms with van der Waals surface area (Å²) in [5, 5.41) is 0. The van der Waals surface area contributed by atoms with Crippen molar-refractivity contribution in [3.05, 3.63) is 22.7 Å². The molecule has 1 aromatic rings. The second kappa shape index (κ2) is 6.70. The number of piperidine rings is 1. The average Bonchev–Trinajstić information content (AvgIpc) is 2.43. The Hall–Kier alpha value is -1.36. The van der Waals surface area contributed by atoms with Crippen LogP contribution in [0.4, 0.5) is 5.82 Å². The molecule has 1 aliphatic heterocycles. The van der Waals surface area contributed by atoms with Crippen molar-refractivity contribution in [2.24, 2.45) is 11.7 Å². The van der Waals surface area contributed by atoms with Gasteiger partial charge >= 0.3 is 0 Å². The van der Waals surface area contributed by atoms with Gasteiger partial charge in [0.15, 0.2) is 5.82 Å². The lowest BCUT2D eigenvalue weighted by Gasteiger charge is -2.32. The van der Waals surface area contributed by atoms with Crippen LogP contribution in [0.3, 0.4) is 0 Å². The Morgan fingerprint density at radius 3 is 2.79 bits per heavy atom. The first-order chi connectivity index (χ1) is 9.26. The molecule has 19 heavy (non-hydrogen) atoms. The van der Waals surface area contributed by atoms with Gasteiger partial charge < -0.3 is 15.2 Å². The highest BCUT2D eigenvalue weighted by Gasteiger charge is 2.21. The predicted octanol–water partition coefficient (Wildman–Crippen LogP) is 1.22. The highest BCUT2D eigenvalue weighted by molar-refractivity contribution is 5.36. The number of aromatic nitrogens is 2. The number of hydrogen-bond acceptors (Lipinski definition) is 4. The number of rotatable bonds is 5. The third kappa shape index (κ3) is 3.35. The summed E-state index contributed by atoms with van der Waals surface area (Å²) in [7, 11) is 0. The van der Waals surface area contributed by atoms with E-state index >= 15 is 0 Å². The summed E-state index contributed by atoms with van der Waals surface area (Å²) in [6, 6.07) is 0. The highest BCUT2D eigenvalue weighted by Crippen LogP contribution is 2.21. The van der Waals surface area contributed by atoms with Crippen molar-refractivity contribution in [2.45, 2.75) is 39.2 Å². The van der Waals surface area contributed by atoms with E-state index in [1.54, 1.807) is 17.0 Å². The second-order valence-corrected chi connectivity index (χ2v) is 5.26. The first kappa shape index (κ1) is 14.1. The van der Waals surface area contributed by atoms with E-state index in [0.717, 1.165) is 51.9 Å². The third-order valence-corrected chi connectivity index (χ3v) is 3.85. The van der Waals surface area contributed by atoms with Crippen molar-refractivity contribution in [3.8, 4) is 0 Å². The van der Waals surface area contributed by atoms with Crippen molar-refractivity contribution in [1.82, 2.24) is 9.55 Å². The van der Waals surface area contributed by atoms with Crippen LogP contribution in [0.25, 0.3) is 0 Å². The summed E-state index contributed by atoms with van der Waals surface area (Å²) in [6.07, 6.45) is 7.79. The normalized spacial score (nSPS) is 16.8. The standard InChI is InChI=1S/C14H24N4O/c1-2-8-18-11-7-16-13(14(18)19)17-9-4-12(3-6-15)5-10-17/h7,11-12H,2-6,8-10,15H2,1H3. The summed E-state index contributed by atoms with van der Waals surface area (Å²) < 4.78 is 1.76. The van der Waals surface area contributed by atoms with Gasteiger partial charge in [-0.15, -0.1) is 0 Å². The Labute approximate surface area is 114 Å². The van der Waals surface area contributed by atoms with Gasteiger partial charge in [0.2, 0.25) is 0 Å². The number of hydrogen-bond donors (Lipinski definition) is 1. The van der Waals surface area contributed by atoms with Gasteiger partial charge in [-0.1, -0.05) is 6.92 Å². The van der Waals surface area contributed by atoms with E-state index in [0.29, 0.717) is 11.7 Å². The van der Waals surface area contributed by atoms with Gasteiger partial charge in [-0.2, -0.15) is 0 Å².